The van der Waals surface area contributed by atoms with Crippen LogP contribution in [-0.4, -0.2) is 26.8 Å². The molecular weight excluding hydrogens is 338 g/mol. The van der Waals surface area contributed by atoms with Crippen LogP contribution in [0.5, 0.6) is 0 Å². The van der Waals surface area contributed by atoms with E-state index in [9.17, 15) is 8.42 Å². The number of hydrogen-bond donors (Lipinski definition) is 1. The lowest BCUT2D eigenvalue weighted by Gasteiger charge is -2.29. The fourth-order valence-corrected chi connectivity index (χ4v) is 4.20. The van der Waals surface area contributed by atoms with Crippen molar-refractivity contribution in [2.24, 2.45) is 5.92 Å². The van der Waals surface area contributed by atoms with Crippen molar-refractivity contribution in [3.05, 3.63) is 28.7 Å². The van der Waals surface area contributed by atoms with Gasteiger partial charge in [-0.15, -0.1) is 0 Å². The first kappa shape index (κ1) is 16.0. The van der Waals surface area contributed by atoms with Crippen molar-refractivity contribution in [3.8, 4) is 0 Å². The van der Waals surface area contributed by atoms with Gasteiger partial charge in [-0.05, 0) is 43.0 Å². The largest absolute Gasteiger partial charge is 0.313 e. The molecule has 0 spiro atoms. The Morgan fingerprint density at radius 3 is 2.50 bits per heavy atom. The van der Waals surface area contributed by atoms with Crippen molar-refractivity contribution >= 4 is 25.8 Å². The van der Waals surface area contributed by atoms with E-state index in [-0.39, 0.29) is 5.75 Å². The first-order valence-corrected chi connectivity index (χ1v) is 9.65. The molecule has 112 valence electrons. The van der Waals surface area contributed by atoms with Gasteiger partial charge in [0.25, 0.3) is 0 Å². The van der Waals surface area contributed by atoms with E-state index in [0.29, 0.717) is 23.4 Å². The minimum absolute atomic E-state index is 0.165. The lowest BCUT2D eigenvalue weighted by atomic mass is 9.86. The zero-order valence-electron chi connectivity index (χ0n) is 11.8. The highest BCUT2D eigenvalue weighted by atomic mass is 79.9. The van der Waals surface area contributed by atoms with Gasteiger partial charge in [0.15, 0.2) is 9.84 Å². The lowest BCUT2D eigenvalue weighted by molar-refractivity contribution is 0.285. The highest BCUT2D eigenvalue weighted by Crippen LogP contribution is 2.23. The monoisotopic (exact) mass is 359 g/mol. The second-order valence-corrected chi connectivity index (χ2v) is 8.62. The lowest BCUT2D eigenvalue weighted by Crippen LogP contribution is -2.39. The molecule has 1 fully saturated rings. The van der Waals surface area contributed by atoms with E-state index in [2.05, 4.69) is 28.2 Å². The summed E-state index contributed by atoms with van der Waals surface area (Å²) in [6.07, 6.45) is 4.97. The minimum Gasteiger partial charge on any atom is -0.313 e. The normalized spacial score (nSPS) is 23.7. The number of benzene rings is 1. The van der Waals surface area contributed by atoms with Crippen molar-refractivity contribution in [2.75, 3.05) is 12.3 Å². The molecule has 2 atom stereocenters. The quantitative estimate of drug-likeness (QED) is 0.876. The van der Waals surface area contributed by atoms with E-state index >= 15 is 0 Å². The number of halogens is 1. The Bertz CT molecular complexity index is 527. The van der Waals surface area contributed by atoms with Crippen LogP contribution in [0.3, 0.4) is 0 Å². The predicted molar refractivity (Wildman–Crippen MR) is 85.6 cm³/mol. The molecule has 2 rings (SSSR count). The van der Waals surface area contributed by atoms with Crippen molar-refractivity contribution in [2.45, 2.75) is 43.5 Å². The summed E-state index contributed by atoms with van der Waals surface area (Å²) in [5.74, 6) is 0.817. The molecule has 1 aromatic rings. The van der Waals surface area contributed by atoms with Gasteiger partial charge in [0.2, 0.25) is 0 Å². The SMILES string of the molecule is CC1CCCCC1NCCS(=O)(=O)c1ccc(Br)cc1. The molecule has 1 saturated carbocycles. The fraction of sp³-hybridized carbons (Fsp3) is 0.600. The van der Waals surface area contributed by atoms with Crippen molar-refractivity contribution in [1.29, 1.82) is 0 Å². The van der Waals surface area contributed by atoms with Crippen LogP contribution in [0.25, 0.3) is 0 Å². The molecule has 1 aliphatic rings. The second kappa shape index (κ2) is 7.05. The molecule has 1 N–H and O–H groups in total. The van der Waals surface area contributed by atoms with Gasteiger partial charge < -0.3 is 5.32 Å². The van der Waals surface area contributed by atoms with Crippen LogP contribution < -0.4 is 5.32 Å². The molecule has 1 aromatic carbocycles. The van der Waals surface area contributed by atoms with Crippen LogP contribution in [0.2, 0.25) is 0 Å². The fourth-order valence-electron chi connectivity index (χ4n) is 2.76. The molecule has 20 heavy (non-hydrogen) atoms. The van der Waals surface area contributed by atoms with Crippen LogP contribution >= 0.6 is 15.9 Å². The maximum atomic E-state index is 12.2. The Morgan fingerprint density at radius 1 is 1.20 bits per heavy atom. The van der Waals surface area contributed by atoms with Gasteiger partial charge in [0.1, 0.15) is 0 Å². The Kier molecular flexibility index (Phi) is 5.64. The number of sulfone groups is 1. The highest BCUT2D eigenvalue weighted by molar-refractivity contribution is 9.10. The van der Waals surface area contributed by atoms with E-state index in [1.165, 1.54) is 25.7 Å². The predicted octanol–water partition coefficient (Wildman–Crippen LogP) is 3.39. The second-order valence-electron chi connectivity index (χ2n) is 5.60. The Balaban J connectivity index is 1.87. The van der Waals surface area contributed by atoms with Crippen LogP contribution in [0.4, 0.5) is 0 Å². The van der Waals surface area contributed by atoms with Gasteiger partial charge in [-0.3, -0.25) is 0 Å². The third-order valence-electron chi connectivity index (χ3n) is 4.06. The Morgan fingerprint density at radius 2 is 1.85 bits per heavy atom. The summed E-state index contributed by atoms with van der Waals surface area (Å²) in [7, 11) is -3.18. The van der Waals surface area contributed by atoms with E-state index in [0.717, 1.165) is 4.47 Å². The third-order valence-corrected chi connectivity index (χ3v) is 6.32. The minimum atomic E-state index is -3.18. The van der Waals surface area contributed by atoms with E-state index < -0.39 is 9.84 Å². The van der Waals surface area contributed by atoms with Crippen LogP contribution in [-0.2, 0) is 9.84 Å². The van der Waals surface area contributed by atoms with E-state index in [1.807, 2.05) is 0 Å². The van der Waals surface area contributed by atoms with Crippen molar-refractivity contribution < 1.29 is 8.42 Å². The molecule has 0 aromatic heterocycles. The van der Waals surface area contributed by atoms with Crippen LogP contribution in [0, 0.1) is 5.92 Å². The molecule has 0 heterocycles. The molecule has 2 unspecified atom stereocenters. The van der Waals surface area contributed by atoms with E-state index in [4.69, 9.17) is 0 Å². The highest BCUT2D eigenvalue weighted by Gasteiger charge is 2.21. The standard InChI is InChI=1S/C15H22BrNO2S/c1-12-4-2-3-5-15(12)17-10-11-20(18,19)14-8-6-13(16)7-9-14/h6-9,12,15,17H,2-5,10-11H2,1H3. The smallest absolute Gasteiger partial charge is 0.179 e. The van der Waals surface area contributed by atoms with Gasteiger partial charge in [-0.2, -0.15) is 0 Å². The molecule has 0 aliphatic heterocycles. The molecule has 0 bridgehead atoms. The summed E-state index contributed by atoms with van der Waals surface area (Å²) in [6, 6.07) is 7.32. The molecule has 0 saturated heterocycles. The van der Waals surface area contributed by atoms with Crippen LogP contribution in [0.1, 0.15) is 32.6 Å². The van der Waals surface area contributed by atoms with Gasteiger partial charge >= 0.3 is 0 Å². The zero-order valence-corrected chi connectivity index (χ0v) is 14.2. The Hall–Kier alpha value is -0.390. The average Bonchev–Trinajstić information content (AvgIpc) is 2.41. The average molecular weight is 360 g/mol. The molecular formula is C15H22BrNO2S. The summed E-state index contributed by atoms with van der Waals surface area (Å²) in [6.45, 7) is 2.79. The molecule has 3 nitrogen and oxygen atoms in total. The Labute approximate surface area is 130 Å². The number of hydrogen-bond acceptors (Lipinski definition) is 3. The van der Waals surface area contributed by atoms with Gasteiger partial charge in [0, 0.05) is 17.1 Å². The summed E-state index contributed by atoms with van der Waals surface area (Å²) in [5.41, 5.74) is 0. The van der Waals surface area contributed by atoms with E-state index in [1.54, 1.807) is 24.3 Å². The summed E-state index contributed by atoms with van der Waals surface area (Å²) in [5, 5.41) is 3.42. The van der Waals surface area contributed by atoms with Crippen molar-refractivity contribution in [3.63, 3.8) is 0 Å². The number of nitrogens with one attached hydrogen (secondary N) is 1. The summed E-state index contributed by atoms with van der Waals surface area (Å²) in [4.78, 5) is 0.402. The van der Waals surface area contributed by atoms with Gasteiger partial charge in [-0.25, -0.2) is 8.42 Å². The van der Waals surface area contributed by atoms with Crippen molar-refractivity contribution in [1.82, 2.24) is 5.32 Å². The zero-order chi connectivity index (χ0) is 14.6. The topological polar surface area (TPSA) is 46.2 Å². The number of rotatable bonds is 5. The first-order chi connectivity index (χ1) is 9.49. The molecule has 1 aliphatic carbocycles. The maximum Gasteiger partial charge on any atom is 0.179 e. The van der Waals surface area contributed by atoms with Crippen LogP contribution in [0.15, 0.2) is 33.6 Å². The maximum absolute atomic E-state index is 12.2. The molecule has 0 radical (unpaired) electrons. The van der Waals surface area contributed by atoms with Gasteiger partial charge in [0.05, 0.1) is 10.6 Å². The molecule has 0 amide bonds. The molecule has 5 heteroatoms. The first-order valence-electron chi connectivity index (χ1n) is 7.21. The van der Waals surface area contributed by atoms with Gasteiger partial charge in [-0.1, -0.05) is 35.7 Å². The summed E-state index contributed by atoms with van der Waals surface area (Å²) < 4.78 is 25.3. The summed E-state index contributed by atoms with van der Waals surface area (Å²) >= 11 is 3.32. The third kappa shape index (κ3) is 4.30.